The first-order chi connectivity index (χ1) is 15.5. The quantitative estimate of drug-likeness (QED) is 0.615. The van der Waals surface area contributed by atoms with Crippen molar-refractivity contribution in [3.05, 3.63) is 59.7 Å². The van der Waals surface area contributed by atoms with Gasteiger partial charge in [0, 0.05) is 13.0 Å². The zero-order valence-corrected chi connectivity index (χ0v) is 19.4. The van der Waals surface area contributed by atoms with E-state index in [4.69, 9.17) is 9.47 Å². The Bertz CT molecular complexity index is 956. The SMILES string of the molecule is COc1ccc(CCNC(=O)CC23CC4CC(C2)CC(c2ccccc2)(C4)C3)cc1OC. The Kier molecular flexibility index (Phi) is 5.65. The second-order valence-corrected chi connectivity index (χ2v) is 10.6. The summed E-state index contributed by atoms with van der Waals surface area (Å²) in [6, 6.07) is 17.1. The van der Waals surface area contributed by atoms with E-state index < -0.39 is 0 Å². The lowest BCUT2D eigenvalue weighted by molar-refractivity contribution is -0.131. The summed E-state index contributed by atoms with van der Waals surface area (Å²) >= 11 is 0. The van der Waals surface area contributed by atoms with Crippen molar-refractivity contribution in [2.45, 2.75) is 56.8 Å². The lowest BCUT2D eigenvalue weighted by atomic mass is 9.42. The van der Waals surface area contributed by atoms with Crippen LogP contribution in [0.3, 0.4) is 0 Å². The Labute approximate surface area is 191 Å². The number of rotatable bonds is 8. The van der Waals surface area contributed by atoms with Crippen molar-refractivity contribution in [2.75, 3.05) is 20.8 Å². The average Bonchev–Trinajstić information content (AvgIpc) is 2.78. The van der Waals surface area contributed by atoms with Crippen LogP contribution in [0, 0.1) is 17.3 Å². The van der Waals surface area contributed by atoms with Crippen LogP contribution in [0.4, 0.5) is 0 Å². The average molecular weight is 434 g/mol. The van der Waals surface area contributed by atoms with E-state index in [0.717, 1.165) is 35.3 Å². The van der Waals surface area contributed by atoms with Gasteiger partial charge in [-0.25, -0.2) is 0 Å². The van der Waals surface area contributed by atoms with Gasteiger partial charge < -0.3 is 14.8 Å². The van der Waals surface area contributed by atoms with Gasteiger partial charge >= 0.3 is 0 Å². The molecule has 6 rings (SSSR count). The minimum absolute atomic E-state index is 0.188. The van der Waals surface area contributed by atoms with Crippen molar-refractivity contribution in [3.63, 3.8) is 0 Å². The summed E-state index contributed by atoms with van der Waals surface area (Å²) in [5, 5.41) is 3.21. The van der Waals surface area contributed by atoms with Gasteiger partial charge in [0.1, 0.15) is 0 Å². The van der Waals surface area contributed by atoms with Crippen LogP contribution in [0.25, 0.3) is 0 Å². The predicted octanol–water partition coefficient (Wildman–Crippen LogP) is 5.29. The van der Waals surface area contributed by atoms with E-state index in [1.807, 2.05) is 18.2 Å². The van der Waals surface area contributed by atoms with Crippen LogP contribution in [0.1, 0.15) is 56.1 Å². The van der Waals surface area contributed by atoms with Crippen molar-refractivity contribution < 1.29 is 14.3 Å². The van der Waals surface area contributed by atoms with E-state index in [-0.39, 0.29) is 11.3 Å². The van der Waals surface area contributed by atoms with E-state index >= 15 is 0 Å². The minimum atomic E-state index is 0.188. The molecule has 0 saturated heterocycles. The molecule has 1 amide bonds. The van der Waals surface area contributed by atoms with Gasteiger partial charge in [0.15, 0.2) is 11.5 Å². The van der Waals surface area contributed by atoms with Gasteiger partial charge in [0.25, 0.3) is 0 Å². The zero-order chi connectivity index (χ0) is 22.2. The summed E-state index contributed by atoms with van der Waals surface area (Å²) in [6.45, 7) is 0.654. The van der Waals surface area contributed by atoms with Crippen molar-refractivity contribution in [3.8, 4) is 11.5 Å². The van der Waals surface area contributed by atoms with E-state index in [1.54, 1.807) is 14.2 Å². The van der Waals surface area contributed by atoms with Crippen LogP contribution in [0.5, 0.6) is 11.5 Å². The van der Waals surface area contributed by atoms with Gasteiger partial charge in [0.05, 0.1) is 14.2 Å². The highest BCUT2D eigenvalue weighted by Crippen LogP contribution is 2.66. The van der Waals surface area contributed by atoms with Gasteiger partial charge in [-0.05, 0) is 90.9 Å². The van der Waals surface area contributed by atoms with Crippen LogP contribution in [-0.2, 0) is 16.6 Å². The van der Waals surface area contributed by atoms with Crippen molar-refractivity contribution in [1.82, 2.24) is 5.32 Å². The summed E-state index contributed by atoms with van der Waals surface area (Å²) in [5.41, 5.74) is 3.13. The first kappa shape index (κ1) is 21.4. The van der Waals surface area contributed by atoms with Crippen molar-refractivity contribution in [1.29, 1.82) is 0 Å². The van der Waals surface area contributed by atoms with E-state index in [2.05, 4.69) is 35.6 Å². The zero-order valence-electron chi connectivity index (χ0n) is 19.4. The molecule has 4 aliphatic carbocycles. The lowest BCUT2D eigenvalue weighted by Crippen LogP contribution is -2.55. The molecule has 4 aliphatic rings. The number of hydrogen-bond acceptors (Lipinski definition) is 3. The molecule has 4 saturated carbocycles. The number of amides is 1. The Morgan fingerprint density at radius 2 is 1.69 bits per heavy atom. The minimum Gasteiger partial charge on any atom is -0.493 e. The van der Waals surface area contributed by atoms with Crippen LogP contribution >= 0.6 is 0 Å². The van der Waals surface area contributed by atoms with Gasteiger partial charge in [-0.2, -0.15) is 0 Å². The molecule has 0 radical (unpaired) electrons. The molecular weight excluding hydrogens is 398 g/mol. The molecule has 1 N–H and O–H groups in total. The third-order valence-corrected chi connectivity index (χ3v) is 8.29. The highest BCUT2D eigenvalue weighted by molar-refractivity contribution is 5.76. The summed E-state index contributed by atoms with van der Waals surface area (Å²) < 4.78 is 10.7. The standard InChI is InChI=1S/C28H35NO3/c1-31-24-9-8-20(13-25(24)32-2)10-11-29-26(30)18-27-14-21-12-22(15-27)17-28(16-21,19-27)23-6-4-3-5-7-23/h3-9,13,21-22H,10-12,14-19H2,1-2H3,(H,29,30). The summed E-state index contributed by atoms with van der Waals surface area (Å²) in [6.07, 6.45) is 9.13. The number of benzene rings is 2. The highest BCUT2D eigenvalue weighted by Gasteiger charge is 2.58. The Hall–Kier alpha value is -2.49. The Balaban J connectivity index is 1.22. The van der Waals surface area contributed by atoms with Crippen molar-refractivity contribution in [2.24, 2.45) is 17.3 Å². The fourth-order valence-corrected chi connectivity index (χ4v) is 7.57. The molecule has 0 heterocycles. The van der Waals surface area contributed by atoms with Crippen molar-refractivity contribution >= 4 is 5.91 Å². The van der Waals surface area contributed by atoms with E-state index in [9.17, 15) is 4.79 Å². The Morgan fingerprint density at radius 1 is 0.969 bits per heavy atom. The fourth-order valence-electron chi connectivity index (χ4n) is 7.57. The van der Waals surface area contributed by atoms with Crippen LogP contribution in [0.2, 0.25) is 0 Å². The number of carbonyl (C=O) groups excluding carboxylic acids is 1. The first-order valence-corrected chi connectivity index (χ1v) is 12.1. The normalized spacial score (nSPS) is 30.2. The molecule has 0 aromatic heterocycles. The topological polar surface area (TPSA) is 47.6 Å². The molecule has 0 aliphatic heterocycles. The number of nitrogens with one attached hydrogen (secondary N) is 1. The van der Waals surface area contributed by atoms with Gasteiger partial charge in [0.2, 0.25) is 5.91 Å². The molecule has 2 aromatic rings. The molecule has 4 nitrogen and oxygen atoms in total. The predicted molar refractivity (Wildman–Crippen MR) is 126 cm³/mol. The molecule has 4 fully saturated rings. The third kappa shape index (κ3) is 4.00. The molecule has 2 unspecified atom stereocenters. The van der Waals surface area contributed by atoms with E-state index in [0.29, 0.717) is 18.4 Å². The summed E-state index contributed by atoms with van der Waals surface area (Å²) in [7, 11) is 3.29. The molecule has 4 bridgehead atoms. The molecule has 0 spiro atoms. The largest absolute Gasteiger partial charge is 0.493 e. The monoisotopic (exact) mass is 433 g/mol. The van der Waals surface area contributed by atoms with Gasteiger partial charge in [-0.15, -0.1) is 0 Å². The highest BCUT2D eigenvalue weighted by atomic mass is 16.5. The van der Waals surface area contributed by atoms with Crippen LogP contribution in [-0.4, -0.2) is 26.7 Å². The summed E-state index contributed by atoms with van der Waals surface area (Å²) in [5.74, 6) is 3.26. The molecule has 170 valence electrons. The molecule has 2 atom stereocenters. The maximum absolute atomic E-state index is 13.0. The number of methoxy groups -OCH3 is 2. The van der Waals surface area contributed by atoms with Crippen LogP contribution < -0.4 is 14.8 Å². The fraction of sp³-hybridized carbons (Fsp3) is 0.536. The molecule has 32 heavy (non-hydrogen) atoms. The smallest absolute Gasteiger partial charge is 0.220 e. The number of carbonyl (C=O) groups is 1. The second-order valence-electron chi connectivity index (χ2n) is 10.6. The number of hydrogen-bond donors (Lipinski definition) is 1. The van der Waals surface area contributed by atoms with E-state index in [1.165, 1.54) is 44.1 Å². The molecular formula is C28H35NO3. The first-order valence-electron chi connectivity index (χ1n) is 12.1. The van der Waals surface area contributed by atoms with Gasteiger partial charge in [-0.1, -0.05) is 36.4 Å². The number of ether oxygens (including phenoxy) is 2. The molecule has 2 aromatic carbocycles. The third-order valence-electron chi connectivity index (χ3n) is 8.29. The van der Waals surface area contributed by atoms with Gasteiger partial charge in [-0.3, -0.25) is 4.79 Å². The molecule has 4 heteroatoms. The lowest BCUT2D eigenvalue weighted by Gasteiger charge is -2.62. The maximum atomic E-state index is 13.0. The maximum Gasteiger partial charge on any atom is 0.220 e. The second kappa shape index (κ2) is 8.46. The van der Waals surface area contributed by atoms with Crippen LogP contribution in [0.15, 0.2) is 48.5 Å². The summed E-state index contributed by atoms with van der Waals surface area (Å²) in [4.78, 5) is 13.0. The Morgan fingerprint density at radius 3 is 2.38 bits per heavy atom.